The predicted octanol–water partition coefficient (Wildman–Crippen LogP) is 7.41. The molecule has 1 aliphatic rings. The highest BCUT2D eigenvalue weighted by Gasteiger charge is 2.23. The van der Waals surface area contributed by atoms with Crippen molar-refractivity contribution in [3.8, 4) is 33.6 Å². The molecule has 40 heavy (non-hydrogen) atoms. The van der Waals surface area contributed by atoms with Gasteiger partial charge in [-0.05, 0) is 72.9 Å². The maximum absolute atomic E-state index is 14.2. The van der Waals surface area contributed by atoms with E-state index < -0.39 is 0 Å². The van der Waals surface area contributed by atoms with Crippen molar-refractivity contribution >= 4 is 33.4 Å². The number of nitrogens with zero attached hydrogens (tertiary/aromatic N) is 3. The summed E-state index contributed by atoms with van der Waals surface area (Å²) in [6.45, 7) is 1.88. The second kappa shape index (κ2) is 9.72. The Bertz CT molecular complexity index is 1880. The van der Waals surface area contributed by atoms with Crippen molar-refractivity contribution in [2.45, 2.75) is 32.6 Å². The third kappa shape index (κ3) is 4.41. The fraction of sp³-hybridized carbons (Fsp3) is 0.188. The van der Waals surface area contributed by atoms with E-state index in [1.165, 1.54) is 12.1 Å². The molecule has 0 radical (unpaired) electrons. The van der Waals surface area contributed by atoms with Gasteiger partial charge >= 0.3 is 0 Å². The van der Waals surface area contributed by atoms with Crippen LogP contribution in [0, 0.1) is 18.7 Å². The van der Waals surface area contributed by atoms with Crippen molar-refractivity contribution in [1.82, 2.24) is 25.1 Å². The molecule has 6 aromatic rings. The first-order valence-electron chi connectivity index (χ1n) is 13.5. The molecule has 198 valence electrons. The Morgan fingerprint density at radius 2 is 1.73 bits per heavy atom. The number of hydrogen-bond donors (Lipinski definition) is 3. The molecule has 4 heterocycles. The van der Waals surface area contributed by atoms with E-state index in [-0.39, 0.29) is 17.6 Å². The Labute approximate surface area is 229 Å². The summed E-state index contributed by atoms with van der Waals surface area (Å²) in [5.74, 6) is -0.110. The number of aryl methyl sites for hydroxylation is 1. The number of aromatic nitrogens is 5. The lowest BCUT2D eigenvalue weighted by Crippen LogP contribution is -2.20. The van der Waals surface area contributed by atoms with Gasteiger partial charge in [-0.15, -0.1) is 0 Å². The quantitative estimate of drug-likeness (QED) is 0.216. The second-order valence-corrected chi connectivity index (χ2v) is 10.6. The van der Waals surface area contributed by atoms with Crippen LogP contribution in [-0.2, 0) is 4.79 Å². The molecule has 1 saturated carbocycles. The lowest BCUT2D eigenvalue weighted by molar-refractivity contribution is -0.119. The molecular weight excluding hydrogens is 503 g/mol. The Hall–Kier alpha value is -4.85. The van der Waals surface area contributed by atoms with Gasteiger partial charge in [-0.25, -0.2) is 4.39 Å². The third-order valence-corrected chi connectivity index (χ3v) is 7.78. The van der Waals surface area contributed by atoms with Crippen molar-refractivity contribution in [3.63, 3.8) is 0 Å². The molecule has 2 aromatic carbocycles. The molecule has 1 fully saturated rings. The Balaban J connectivity index is 1.25. The third-order valence-electron chi connectivity index (χ3n) is 7.78. The van der Waals surface area contributed by atoms with Crippen LogP contribution >= 0.6 is 0 Å². The van der Waals surface area contributed by atoms with Gasteiger partial charge in [0.05, 0.1) is 34.8 Å². The summed E-state index contributed by atoms with van der Waals surface area (Å²) >= 11 is 0. The van der Waals surface area contributed by atoms with E-state index in [1.807, 2.05) is 37.3 Å². The molecule has 8 heteroatoms. The summed E-state index contributed by atoms with van der Waals surface area (Å²) in [5, 5.41) is 12.7. The lowest BCUT2D eigenvalue weighted by Gasteiger charge is -2.11. The summed E-state index contributed by atoms with van der Waals surface area (Å²) in [6.07, 6.45) is 11.1. The number of halogens is 1. The van der Waals surface area contributed by atoms with Gasteiger partial charge in [0.25, 0.3) is 0 Å². The number of H-pyrrole nitrogens is 2. The molecule has 7 rings (SSSR count). The van der Waals surface area contributed by atoms with Gasteiger partial charge in [-0.1, -0.05) is 25.0 Å². The van der Waals surface area contributed by atoms with Crippen LogP contribution in [0.25, 0.3) is 55.4 Å². The fourth-order valence-electron chi connectivity index (χ4n) is 5.80. The van der Waals surface area contributed by atoms with Gasteiger partial charge in [0.15, 0.2) is 0 Å². The molecule has 0 atom stereocenters. The molecule has 0 spiro atoms. The van der Waals surface area contributed by atoms with E-state index in [9.17, 15) is 9.18 Å². The smallest absolute Gasteiger partial charge is 0.227 e. The Kier molecular flexibility index (Phi) is 5.88. The zero-order chi connectivity index (χ0) is 27.2. The molecular formula is C32H27FN6O. The predicted molar refractivity (Wildman–Crippen MR) is 155 cm³/mol. The molecule has 7 nitrogen and oxygen atoms in total. The first-order chi connectivity index (χ1) is 19.5. The number of pyridine rings is 2. The SMILES string of the molecule is Cc1cc(F)cc(-c2cncc3[nH]c(-c4n[nH]c5ccc(-c6cncc(NC(=O)C7CCCC7)c6)cc45)cc23)c1. The van der Waals surface area contributed by atoms with Crippen molar-refractivity contribution in [2.75, 3.05) is 5.32 Å². The largest absolute Gasteiger partial charge is 0.352 e. The Morgan fingerprint density at radius 3 is 2.58 bits per heavy atom. The van der Waals surface area contributed by atoms with Gasteiger partial charge in [-0.2, -0.15) is 5.10 Å². The molecule has 1 amide bonds. The number of amides is 1. The van der Waals surface area contributed by atoms with Crippen LogP contribution in [-0.4, -0.2) is 31.1 Å². The van der Waals surface area contributed by atoms with Crippen LogP contribution in [0.5, 0.6) is 0 Å². The average molecular weight is 531 g/mol. The minimum absolute atomic E-state index is 0.0742. The highest BCUT2D eigenvalue weighted by Crippen LogP contribution is 2.35. The van der Waals surface area contributed by atoms with Gasteiger partial charge in [-0.3, -0.25) is 19.9 Å². The van der Waals surface area contributed by atoms with Gasteiger partial charge < -0.3 is 10.3 Å². The van der Waals surface area contributed by atoms with Crippen molar-refractivity contribution in [3.05, 3.63) is 84.7 Å². The van der Waals surface area contributed by atoms with E-state index in [1.54, 1.807) is 24.8 Å². The highest BCUT2D eigenvalue weighted by atomic mass is 19.1. The summed E-state index contributed by atoms with van der Waals surface area (Å²) in [6, 6.07) is 15.1. The number of anilines is 1. The number of aromatic amines is 2. The van der Waals surface area contributed by atoms with Crippen LogP contribution in [0.2, 0.25) is 0 Å². The summed E-state index contributed by atoms with van der Waals surface area (Å²) < 4.78 is 14.2. The molecule has 0 aliphatic heterocycles. The van der Waals surface area contributed by atoms with Gasteiger partial charge in [0, 0.05) is 40.2 Å². The minimum Gasteiger partial charge on any atom is -0.352 e. The van der Waals surface area contributed by atoms with Crippen molar-refractivity contribution in [1.29, 1.82) is 0 Å². The fourth-order valence-corrected chi connectivity index (χ4v) is 5.80. The number of nitrogens with one attached hydrogen (secondary N) is 3. The second-order valence-electron chi connectivity index (χ2n) is 10.6. The van der Waals surface area contributed by atoms with Crippen LogP contribution in [0.1, 0.15) is 31.2 Å². The zero-order valence-electron chi connectivity index (χ0n) is 22.0. The van der Waals surface area contributed by atoms with Crippen LogP contribution in [0.4, 0.5) is 10.1 Å². The average Bonchev–Trinajstić information content (AvgIpc) is 3.71. The number of hydrogen-bond acceptors (Lipinski definition) is 4. The number of carbonyl (C=O) groups is 1. The zero-order valence-corrected chi connectivity index (χ0v) is 22.0. The first-order valence-corrected chi connectivity index (χ1v) is 13.5. The topological polar surface area (TPSA) is 99.3 Å². The normalized spacial score (nSPS) is 13.8. The highest BCUT2D eigenvalue weighted by molar-refractivity contribution is 6.01. The number of rotatable bonds is 5. The monoisotopic (exact) mass is 530 g/mol. The maximum Gasteiger partial charge on any atom is 0.227 e. The van der Waals surface area contributed by atoms with E-state index in [2.05, 4.69) is 36.5 Å². The lowest BCUT2D eigenvalue weighted by atomic mass is 10.0. The molecule has 0 unspecified atom stereocenters. The summed E-state index contributed by atoms with van der Waals surface area (Å²) in [4.78, 5) is 24.9. The van der Waals surface area contributed by atoms with E-state index in [0.717, 1.165) is 86.7 Å². The number of carbonyl (C=O) groups excluding carboxylic acids is 1. The van der Waals surface area contributed by atoms with E-state index in [0.29, 0.717) is 5.69 Å². The summed E-state index contributed by atoms with van der Waals surface area (Å²) in [7, 11) is 0. The molecule has 1 aliphatic carbocycles. The van der Waals surface area contributed by atoms with Crippen LogP contribution in [0.3, 0.4) is 0 Å². The van der Waals surface area contributed by atoms with Gasteiger partial charge in [0.2, 0.25) is 5.91 Å². The number of fused-ring (bicyclic) bond motifs is 2. The maximum atomic E-state index is 14.2. The van der Waals surface area contributed by atoms with E-state index >= 15 is 0 Å². The minimum atomic E-state index is -0.273. The standard InChI is InChI=1S/C32H27FN6O/c1-18-8-21(10-23(33)9-18)27-16-35-17-30-25(27)13-29(37-30)31-26-12-20(6-7-28(26)38-39-31)22-11-24(15-34-14-22)36-32(40)19-4-2-3-5-19/h6-17,19,37H,2-5H2,1H3,(H,36,40)(H,38,39). The molecule has 0 bridgehead atoms. The summed E-state index contributed by atoms with van der Waals surface area (Å²) in [5.41, 5.74) is 8.40. The molecule has 3 N–H and O–H groups in total. The number of benzene rings is 2. The first kappa shape index (κ1) is 24.2. The van der Waals surface area contributed by atoms with Crippen LogP contribution in [0.15, 0.2) is 73.3 Å². The van der Waals surface area contributed by atoms with E-state index in [4.69, 9.17) is 0 Å². The van der Waals surface area contributed by atoms with Crippen molar-refractivity contribution < 1.29 is 9.18 Å². The Morgan fingerprint density at radius 1 is 0.875 bits per heavy atom. The molecule has 0 saturated heterocycles. The molecule has 4 aromatic heterocycles. The van der Waals surface area contributed by atoms with Crippen LogP contribution < -0.4 is 5.32 Å². The van der Waals surface area contributed by atoms with Crippen molar-refractivity contribution in [2.24, 2.45) is 5.92 Å². The van der Waals surface area contributed by atoms with Gasteiger partial charge in [0.1, 0.15) is 11.5 Å².